The van der Waals surface area contributed by atoms with Gasteiger partial charge in [-0.05, 0) is 12.1 Å². The number of ether oxygens (including phenoxy) is 1. The summed E-state index contributed by atoms with van der Waals surface area (Å²) in [7, 11) is 3.23. The zero-order chi connectivity index (χ0) is 12.1. The Morgan fingerprint density at radius 3 is 2.69 bits per heavy atom. The van der Waals surface area contributed by atoms with Crippen molar-refractivity contribution >= 4 is 34.8 Å². The van der Waals surface area contributed by atoms with Crippen molar-refractivity contribution in [3.8, 4) is 5.75 Å². The molecule has 0 bridgehead atoms. The van der Waals surface area contributed by atoms with Gasteiger partial charge in [0.25, 0.3) is 0 Å². The van der Waals surface area contributed by atoms with E-state index in [1.54, 1.807) is 32.4 Å². The van der Waals surface area contributed by atoms with Crippen molar-refractivity contribution < 1.29 is 9.53 Å². The summed E-state index contributed by atoms with van der Waals surface area (Å²) in [6.45, 7) is 0. The van der Waals surface area contributed by atoms with E-state index in [-0.39, 0.29) is 5.91 Å². The molecule has 16 heavy (non-hydrogen) atoms. The van der Waals surface area contributed by atoms with E-state index < -0.39 is 0 Å². The molecule has 0 aliphatic rings. The molecule has 0 unspecified atom stereocenters. The smallest absolute Gasteiger partial charge is 0.227 e. The molecule has 0 aliphatic carbocycles. The Morgan fingerprint density at radius 2 is 2.19 bits per heavy atom. The Labute approximate surface area is 105 Å². The van der Waals surface area contributed by atoms with Crippen molar-refractivity contribution in [3.63, 3.8) is 0 Å². The molecule has 1 aromatic carbocycles. The highest BCUT2D eigenvalue weighted by Gasteiger charge is 2.13. The largest absolute Gasteiger partial charge is 0.497 e. The van der Waals surface area contributed by atoms with Crippen LogP contribution in [0.1, 0.15) is 6.42 Å². The molecule has 5 heteroatoms. The van der Waals surface area contributed by atoms with Crippen LogP contribution in [0.3, 0.4) is 0 Å². The molecule has 1 amide bonds. The van der Waals surface area contributed by atoms with Gasteiger partial charge in [0.15, 0.2) is 0 Å². The number of alkyl halides is 1. The molecule has 1 rings (SSSR count). The number of methoxy groups -OCH3 is 1. The third-order valence-electron chi connectivity index (χ3n) is 2.20. The maximum absolute atomic E-state index is 11.6. The number of hydrogen-bond donors (Lipinski definition) is 0. The van der Waals surface area contributed by atoms with Gasteiger partial charge in [-0.1, -0.05) is 11.6 Å². The van der Waals surface area contributed by atoms with Crippen LogP contribution in [0, 0.1) is 0 Å². The van der Waals surface area contributed by atoms with Crippen molar-refractivity contribution in [2.75, 3.05) is 24.9 Å². The second-order valence-electron chi connectivity index (χ2n) is 3.21. The standard InChI is InChI=1S/C11H13Cl2NO2/c1-14(11(15)5-6-12)10-4-3-8(16-2)7-9(10)13/h3-4,7H,5-6H2,1-2H3. The Bertz CT molecular complexity index is 382. The summed E-state index contributed by atoms with van der Waals surface area (Å²) in [6, 6.07) is 5.17. The predicted molar refractivity (Wildman–Crippen MR) is 66.8 cm³/mol. The van der Waals surface area contributed by atoms with Crippen LogP contribution in [-0.2, 0) is 4.79 Å². The van der Waals surface area contributed by atoms with Crippen LogP contribution >= 0.6 is 23.2 Å². The maximum atomic E-state index is 11.6. The van der Waals surface area contributed by atoms with Crippen LogP contribution < -0.4 is 9.64 Å². The summed E-state index contributed by atoms with van der Waals surface area (Å²) in [5, 5.41) is 0.477. The predicted octanol–water partition coefficient (Wildman–Crippen LogP) is 2.94. The third-order valence-corrected chi connectivity index (χ3v) is 2.69. The molecule has 3 nitrogen and oxygen atoms in total. The zero-order valence-corrected chi connectivity index (χ0v) is 10.7. The number of benzene rings is 1. The first-order valence-corrected chi connectivity index (χ1v) is 5.67. The lowest BCUT2D eigenvalue weighted by atomic mass is 10.2. The minimum Gasteiger partial charge on any atom is -0.497 e. The number of carbonyl (C=O) groups excluding carboxylic acids is 1. The summed E-state index contributed by atoms with van der Waals surface area (Å²) >= 11 is 11.6. The highest BCUT2D eigenvalue weighted by Crippen LogP contribution is 2.29. The minimum atomic E-state index is -0.0675. The molecule has 0 fully saturated rings. The average Bonchev–Trinajstić information content (AvgIpc) is 2.28. The van der Waals surface area contributed by atoms with Gasteiger partial charge < -0.3 is 9.64 Å². The quantitative estimate of drug-likeness (QED) is 0.781. The van der Waals surface area contributed by atoms with Crippen molar-refractivity contribution in [1.82, 2.24) is 0 Å². The number of hydrogen-bond acceptors (Lipinski definition) is 2. The molecule has 0 saturated heterocycles. The second-order valence-corrected chi connectivity index (χ2v) is 3.99. The van der Waals surface area contributed by atoms with Crippen LogP contribution in [-0.4, -0.2) is 25.9 Å². The van der Waals surface area contributed by atoms with Gasteiger partial charge in [0, 0.05) is 25.4 Å². The number of amides is 1. The topological polar surface area (TPSA) is 29.5 Å². The lowest BCUT2D eigenvalue weighted by molar-refractivity contribution is -0.117. The molecule has 88 valence electrons. The number of carbonyl (C=O) groups is 1. The normalized spacial score (nSPS) is 10.0. The van der Waals surface area contributed by atoms with E-state index in [0.29, 0.717) is 28.8 Å². The van der Waals surface area contributed by atoms with E-state index in [2.05, 4.69) is 0 Å². The number of rotatable bonds is 4. The van der Waals surface area contributed by atoms with Crippen molar-refractivity contribution in [3.05, 3.63) is 23.2 Å². The van der Waals surface area contributed by atoms with Crippen LogP contribution in [0.25, 0.3) is 0 Å². The lowest BCUT2D eigenvalue weighted by Gasteiger charge is -2.18. The summed E-state index contributed by atoms with van der Waals surface area (Å²) in [6.07, 6.45) is 0.292. The lowest BCUT2D eigenvalue weighted by Crippen LogP contribution is -2.26. The van der Waals surface area contributed by atoms with Crippen molar-refractivity contribution in [2.45, 2.75) is 6.42 Å². The van der Waals surface area contributed by atoms with Crippen LogP contribution in [0.15, 0.2) is 18.2 Å². The Balaban J connectivity index is 2.91. The first kappa shape index (κ1) is 13.1. The van der Waals surface area contributed by atoms with Gasteiger partial charge in [-0.25, -0.2) is 0 Å². The van der Waals surface area contributed by atoms with E-state index in [1.165, 1.54) is 4.90 Å². The van der Waals surface area contributed by atoms with Crippen LogP contribution in [0.2, 0.25) is 5.02 Å². The van der Waals surface area contributed by atoms with E-state index in [9.17, 15) is 4.79 Å². The molecule has 0 radical (unpaired) electrons. The van der Waals surface area contributed by atoms with E-state index >= 15 is 0 Å². The highest BCUT2D eigenvalue weighted by atomic mass is 35.5. The SMILES string of the molecule is COc1ccc(N(C)C(=O)CCCl)c(Cl)c1. The Hall–Kier alpha value is -0.930. The molecule has 1 aromatic rings. The van der Waals surface area contributed by atoms with Crippen molar-refractivity contribution in [1.29, 1.82) is 0 Å². The van der Waals surface area contributed by atoms with Gasteiger partial charge in [0.1, 0.15) is 5.75 Å². The molecular formula is C11H13Cl2NO2. The number of anilines is 1. The second kappa shape index (κ2) is 5.97. The van der Waals surface area contributed by atoms with Gasteiger partial charge in [0.05, 0.1) is 17.8 Å². The fourth-order valence-corrected chi connectivity index (χ4v) is 1.73. The molecule has 0 heterocycles. The molecule has 0 N–H and O–H groups in total. The minimum absolute atomic E-state index is 0.0675. The maximum Gasteiger partial charge on any atom is 0.227 e. The first-order valence-electron chi connectivity index (χ1n) is 4.76. The fraction of sp³-hybridized carbons (Fsp3) is 0.364. The fourth-order valence-electron chi connectivity index (χ4n) is 1.27. The average molecular weight is 262 g/mol. The number of nitrogens with zero attached hydrogens (tertiary/aromatic N) is 1. The Morgan fingerprint density at radius 1 is 1.50 bits per heavy atom. The first-order chi connectivity index (χ1) is 7.60. The Kier molecular flexibility index (Phi) is 4.90. The highest BCUT2D eigenvalue weighted by molar-refractivity contribution is 6.34. The van der Waals surface area contributed by atoms with Gasteiger partial charge in [-0.15, -0.1) is 11.6 Å². The molecule has 0 atom stereocenters. The monoisotopic (exact) mass is 261 g/mol. The van der Waals surface area contributed by atoms with Gasteiger partial charge in [-0.3, -0.25) is 4.79 Å². The van der Waals surface area contributed by atoms with E-state index in [0.717, 1.165) is 0 Å². The molecular weight excluding hydrogens is 249 g/mol. The summed E-state index contributed by atoms with van der Waals surface area (Å²) in [5.74, 6) is 0.894. The summed E-state index contributed by atoms with van der Waals surface area (Å²) < 4.78 is 5.03. The van der Waals surface area contributed by atoms with Crippen molar-refractivity contribution in [2.24, 2.45) is 0 Å². The van der Waals surface area contributed by atoms with Crippen LogP contribution in [0.5, 0.6) is 5.75 Å². The van der Waals surface area contributed by atoms with E-state index in [1.807, 2.05) is 0 Å². The van der Waals surface area contributed by atoms with Gasteiger partial charge >= 0.3 is 0 Å². The molecule has 0 aromatic heterocycles. The van der Waals surface area contributed by atoms with Crippen LogP contribution in [0.4, 0.5) is 5.69 Å². The van der Waals surface area contributed by atoms with E-state index in [4.69, 9.17) is 27.9 Å². The molecule has 0 spiro atoms. The van der Waals surface area contributed by atoms with Gasteiger partial charge in [-0.2, -0.15) is 0 Å². The zero-order valence-electron chi connectivity index (χ0n) is 9.17. The molecule has 0 saturated carbocycles. The summed E-state index contributed by atoms with van der Waals surface area (Å²) in [4.78, 5) is 13.1. The van der Waals surface area contributed by atoms with Gasteiger partial charge in [0.2, 0.25) is 5.91 Å². The number of halogens is 2. The molecule has 0 aliphatic heterocycles. The third kappa shape index (κ3) is 3.03. The summed E-state index contributed by atoms with van der Waals surface area (Å²) in [5.41, 5.74) is 0.651.